The molecule has 1 saturated heterocycles. The van der Waals surface area contributed by atoms with E-state index < -0.39 is 0 Å². The van der Waals surface area contributed by atoms with Crippen LogP contribution in [0.15, 0.2) is 30.5 Å². The summed E-state index contributed by atoms with van der Waals surface area (Å²) in [6, 6.07) is 8.61. The van der Waals surface area contributed by atoms with Crippen molar-refractivity contribution in [3.63, 3.8) is 0 Å². The zero-order chi connectivity index (χ0) is 20.5. The summed E-state index contributed by atoms with van der Waals surface area (Å²) in [5.41, 5.74) is 4.40. The molecule has 6 heteroatoms. The minimum Gasteiger partial charge on any atom is -0.381 e. The minimum absolute atomic E-state index is 0.0391. The van der Waals surface area contributed by atoms with Gasteiger partial charge < -0.3 is 15.0 Å². The van der Waals surface area contributed by atoms with Crippen molar-refractivity contribution in [3.05, 3.63) is 47.3 Å². The summed E-state index contributed by atoms with van der Waals surface area (Å²) in [6.07, 6.45) is 3.86. The van der Waals surface area contributed by atoms with E-state index in [1.54, 1.807) is 13.1 Å². The summed E-state index contributed by atoms with van der Waals surface area (Å²) in [7, 11) is 0. The van der Waals surface area contributed by atoms with Gasteiger partial charge in [0.25, 0.3) is 0 Å². The van der Waals surface area contributed by atoms with Crippen molar-refractivity contribution in [3.8, 4) is 0 Å². The normalized spacial score (nSPS) is 24.8. The van der Waals surface area contributed by atoms with Crippen molar-refractivity contribution in [2.24, 2.45) is 5.92 Å². The van der Waals surface area contributed by atoms with Crippen LogP contribution < -0.4 is 10.2 Å². The predicted octanol–water partition coefficient (Wildman–Crippen LogP) is 4.22. The maximum absolute atomic E-state index is 12.5. The summed E-state index contributed by atoms with van der Waals surface area (Å²) in [5, 5.41) is 3.56. The molecule has 2 aliphatic heterocycles. The molecule has 6 nitrogen and oxygen atoms in total. The van der Waals surface area contributed by atoms with Gasteiger partial charge in [-0.1, -0.05) is 19.1 Å². The lowest BCUT2D eigenvalue weighted by Gasteiger charge is -2.44. The summed E-state index contributed by atoms with van der Waals surface area (Å²) in [6.45, 7) is 9.55. The molecule has 1 unspecified atom stereocenters. The Balaban J connectivity index is 1.76. The largest absolute Gasteiger partial charge is 0.381 e. The molecule has 1 aromatic heterocycles. The Morgan fingerprint density at radius 2 is 1.97 bits per heavy atom. The van der Waals surface area contributed by atoms with Crippen LogP contribution in [0.1, 0.15) is 62.4 Å². The van der Waals surface area contributed by atoms with E-state index in [0.717, 1.165) is 43.0 Å². The number of hydrogen-bond donors (Lipinski definition) is 1. The van der Waals surface area contributed by atoms with E-state index in [1.165, 1.54) is 5.56 Å². The van der Waals surface area contributed by atoms with Gasteiger partial charge >= 0.3 is 0 Å². The van der Waals surface area contributed by atoms with Gasteiger partial charge in [0.1, 0.15) is 0 Å². The van der Waals surface area contributed by atoms with Gasteiger partial charge in [0, 0.05) is 49.7 Å². The second-order valence-electron chi connectivity index (χ2n) is 8.34. The Morgan fingerprint density at radius 1 is 1.21 bits per heavy atom. The van der Waals surface area contributed by atoms with Gasteiger partial charge in [-0.3, -0.25) is 4.79 Å². The SMILES string of the molecule is CC(=O)N1c2ccc(C3CCOCC3)cc2C(Nc2nccc(C)n2)[C@@H](C)[C@@H]1C. The predicted molar refractivity (Wildman–Crippen MR) is 114 cm³/mol. The first kappa shape index (κ1) is 19.8. The molecular formula is C23H30N4O2. The van der Waals surface area contributed by atoms with E-state index in [-0.39, 0.29) is 23.9 Å². The fraction of sp³-hybridized carbons (Fsp3) is 0.522. The van der Waals surface area contributed by atoms with E-state index in [2.05, 4.69) is 47.3 Å². The van der Waals surface area contributed by atoms with Gasteiger partial charge in [-0.15, -0.1) is 0 Å². The molecule has 154 valence electrons. The Hall–Kier alpha value is -2.47. The number of anilines is 2. The van der Waals surface area contributed by atoms with Crippen LogP contribution in [0, 0.1) is 12.8 Å². The maximum atomic E-state index is 12.5. The molecule has 0 saturated carbocycles. The fourth-order valence-corrected chi connectivity index (χ4v) is 4.67. The molecule has 1 N–H and O–H groups in total. The summed E-state index contributed by atoms with van der Waals surface area (Å²) < 4.78 is 5.54. The van der Waals surface area contributed by atoms with Gasteiger partial charge in [-0.2, -0.15) is 0 Å². The van der Waals surface area contributed by atoms with Crippen LogP contribution in [0.3, 0.4) is 0 Å². The molecular weight excluding hydrogens is 364 g/mol. The van der Waals surface area contributed by atoms with Crippen LogP contribution in [0.5, 0.6) is 0 Å². The lowest BCUT2D eigenvalue weighted by atomic mass is 9.80. The van der Waals surface area contributed by atoms with Crippen molar-refractivity contribution < 1.29 is 9.53 Å². The van der Waals surface area contributed by atoms with Crippen LogP contribution in [-0.2, 0) is 9.53 Å². The van der Waals surface area contributed by atoms with Crippen LogP contribution in [0.25, 0.3) is 0 Å². The first-order valence-electron chi connectivity index (χ1n) is 10.5. The molecule has 29 heavy (non-hydrogen) atoms. The molecule has 2 aromatic rings. The minimum atomic E-state index is 0.0391. The summed E-state index contributed by atoms with van der Waals surface area (Å²) >= 11 is 0. The molecule has 0 spiro atoms. The summed E-state index contributed by atoms with van der Waals surface area (Å²) in [4.78, 5) is 23.4. The summed E-state index contributed by atoms with van der Waals surface area (Å²) in [5.74, 6) is 1.42. The number of carbonyl (C=O) groups excluding carboxylic acids is 1. The number of aromatic nitrogens is 2. The molecule has 1 amide bonds. The number of carbonyl (C=O) groups is 1. The van der Waals surface area contributed by atoms with Gasteiger partial charge in [0.15, 0.2) is 0 Å². The average Bonchev–Trinajstić information content (AvgIpc) is 2.72. The number of hydrogen-bond acceptors (Lipinski definition) is 5. The number of aryl methyl sites for hydroxylation is 1. The standard InChI is InChI=1S/C23H30N4O2/c1-14-7-10-24-23(25-14)26-22-15(2)16(3)27(17(4)28)21-6-5-19(13-20(21)22)18-8-11-29-12-9-18/h5-7,10,13,15-16,18,22H,8-9,11-12H2,1-4H3,(H,24,25,26)/t15-,16-,22?/m0/s1. The highest BCUT2D eigenvalue weighted by molar-refractivity contribution is 5.94. The lowest BCUT2D eigenvalue weighted by Crippen LogP contribution is -2.48. The number of nitrogens with one attached hydrogen (secondary N) is 1. The van der Waals surface area contributed by atoms with Gasteiger partial charge in [-0.05, 0) is 55.9 Å². The molecule has 1 aromatic carbocycles. The highest BCUT2D eigenvalue weighted by Gasteiger charge is 2.39. The molecule has 0 radical (unpaired) electrons. The lowest BCUT2D eigenvalue weighted by molar-refractivity contribution is -0.117. The fourth-order valence-electron chi connectivity index (χ4n) is 4.67. The first-order chi connectivity index (χ1) is 14.0. The third-order valence-electron chi connectivity index (χ3n) is 6.45. The Bertz CT molecular complexity index is 894. The molecule has 0 aliphatic carbocycles. The van der Waals surface area contributed by atoms with E-state index in [9.17, 15) is 4.79 Å². The van der Waals surface area contributed by atoms with E-state index in [4.69, 9.17) is 4.74 Å². The number of fused-ring (bicyclic) bond motifs is 1. The van der Waals surface area contributed by atoms with E-state index in [1.807, 2.05) is 17.9 Å². The second kappa shape index (κ2) is 8.11. The molecule has 1 fully saturated rings. The smallest absolute Gasteiger partial charge is 0.224 e. The van der Waals surface area contributed by atoms with Gasteiger partial charge in [0.05, 0.1) is 6.04 Å². The number of amides is 1. The first-order valence-corrected chi connectivity index (χ1v) is 10.5. The van der Waals surface area contributed by atoms with E-state index >= 15 is 0 Å². The zero-order valence-corrected chi connectivity index (χ0v) is 17.7. The molecule has 4 rings (SSSR count). The average molecular weight is 395 g/mol. The maximum Gasteiger partial charge on any atom is 0.224 e. The Kier molecular flexibility index (Phi) is 5.54. The monoisotopic (exact) mass is 394 g/mol. The van der Waals surface area contributed by atoms with Crippen molar-refractivity contribution in [1.29, 1.82) is 0 Å². The highest BCUT2D eigenvalue weighted by Crippen LogP contribution is 2.44. The number of nitrogens with zero attached hydrogens (tertiary/aromatic N) is 3. The Labute approximate surface area is 172 Å². The topological polar surface area (TPSA) is 67.3 Å². The van der Waals surface area contributed by atoms with Crippen molar-refractivity contribution in [2.45, 2.75) is 58.5 Å². The number of ether oxygens (including phenoxy) is 1. The van der Waals surface area contributed by atoms with Crippen molar-refractivity contribution in [1.82, 2.24) is 9.97 Å². The van der Waals surface area contributed by atoms with Gasteiger partial charge in [-0.25, -0.2) is 9.97 Å². The van der Waals surface area contributed by atoms with Crippen molar-refractivity contribution in [2.75, 3.05) is 23.4 Å². The van der Waals surface area contributed by atoms with Gasteiger partial charge in [0.2, 0.25) is 11.9 Å². The molecule has 3 atom stereocenters. The van der Waals surface area contributed by atoms with Crippen LogP contribution >= 0.6 is 0 Å². The van der Waals surface area contributed by atoms with Crippen molar-refractivity contribution >= 4 is 17.5 Å². The van der Waals surface area contributed by atoms with Crippen LogP contribution in [0.2, 0.25) is 0 Å². The third kappa shape index (κ3) is 3.86. The quantitative estimate of drug-likeness (QED) is 0.844. The molecule has 2 aliphatic rings. The van der Waals surface area contributed by atoms with Crippen LogP contribution in [0.4, 0.5) is 11.6 Å². The Morgan fingerprint density at radius 3 is 2.66 bits per heavy atom. The number of benzene rings is 1. The molecule has 0 bridgehead atoms. The highest BCUT2D eigenvalue weighted by atomic mass is 16.5. The number of rotatable bonds is 3. The molecule has 3 heterocycles. The van der Waals surface area contributed by atoms with Crippen LogP contribution in [-0.4, -0.2) is 35.1 Å². The second-order valence-corrected chi connectivity index (χ2v) is 8.34. The van der Waals surface area contributed by atoms with E-state index in [0.29, 0.717) is 11.9 Å². The third-order valence-corrected chi connectivity index (χ3v) is 6.45. The zero-order valence-electron chi connectivity index (χ0n) is 17.7.